The molecular formula is C9H18N4O. The molecule has 0 saturated carbocycles. The van der Waals surface area contributed by atoms with Crippen molar-refractivity contribution in [1.82, 2.24) is 21.3 Å². The van der Waals surface area contributed by atoms with E-state index in [1.54, 1.807) is 0 Å². The van der Waals surface area contributed by atoms with Crippen LogP contribution in [0, 0.1) is 0 Å². The number of hydrogen-bond donors (Lipinski definition) is 4. The predicted octanol–water partition coefficient (Wildman–Crippen LogP) is -0.991. The largest absolute Gasteiger partial charge is 0.337 e. The molecule has 2 aliphatic heterocycles. The van der Waals surface area contributed by atoms with Gasteiger partial charge < -0.3 is 21.3 Å². The van der Waals surface area contributed by atoms with Crippen LogP contribution in [-0.4, -0.2) is 44.3 Å². The molecule has 2 fully saturated rings. The second-order valence-electron chi connectivity index (χ2n) is 4.00. The molecule has 5 nitrogen and oxygen atoms in total. The Morgan fingerprint density at radius 3 is 2.86 bits per heavy atom. The molecular weight excluding hydrogens is 180 g/mol. The number of urea groups is 1. The molecule has 0 bridgehead atoms. The summed E-state index contributed by atoms with van der Waals surface area (Å²) >= 11 is 0. The third-order valence-electron chi connectivity index (χ3n) is 2.79. The van der Waals surface area contributed by atoms with Gasteiger partial charge in [0.15, 0.2) is 0 Å². The summed E-state index contributed by atoms with van der Waals surface area (Å²) in [7, 11) is 0. The quantitative estimate of drug-likeness (QED) is 0.471. The molecule has 0 radical (unpaired) electrons. The summed E-state index contributed by atoms with van der Waals surface area (Å²) < 4.78 is 0. The first-order valence-electron chi connectivity index (χ1n) is 5.33. The molecule has 0 spiro atoms. The molecule has 4 N–H and O–H groups in total. The van der Waals surface area contributed by atoms with E-state index in [1.165, 1.54) is 12.8 Å². The molecule has 1 unspecified atom stereocenters. The van der Waals surface area contributed by atoms with E-state index in [1.807, 2.05) is 0 Å². The van der Waals surface area contributed by atoms with Crippen LogP contribution in [0.25, 0.3) is 0 Å². The van der Waals surface area contributed by atoms with Crippen molar-refractivity contribution in [2.45, 2.75) is 24.9 Å². The first-order valence-corrected chi connectivity index (χ1v) is 5.33. The fourth-order valence-corrected chi connectivity index (χ4v) is 1.77. The van der Waals surface area contributed by atoms with Crippen molar-refractivity contribution in [3.8, 4) is 0 Å². The van der Waals surface area contributed by atoms with E-state index in [9.17, 15) is 4.79 Å². The van der Waals surface area contributed by atoms with E-state index in [0.29, 0.717) is 12.1 Å². The lowest BCUT2D eigenvalue weighted by Crippen LogP contribution is -2.59. The van der Waals surface area contributed by atoms with Crippen LogP contribution in [0.5, 0.6) is 0 Å². The predicted molar refractivity (Wildman–Crippen MR) is 54.2 cm³/mol. The molecule has 2 aliphatic rings. The summed E-state index contributed by atoms with van der Waals surface area (Å²) in [5.74, 6) is 0. The zero-order valence-corrected chi connectivity index (χ0v) is 8.31. The second kappa shape index (κ2) is 4.61. The van der Waals surface area contributed by atoms with Gasteiger partial charge in [-0.05, 0) is 19.4 Å². The summed E-state index contributed by atoms with van der Waals surface area (Å²) in [5.41, 5.74) is 0. The van der Waals surface area contributed by atoms with Crippen molar-refractivity contribution in [2.24, 2.45) is 0 Å². The van der Waals surface area contributed by atoms with Crippen molar-refractivity contribution in [3.05, 3.63) is 0 Å². The lowest BCUT2D eigenvalue weighted by atomic mass is 10.2. The van der Waals surface area contributed by atoms with Gasteiger partial charge in [-0.25, -0.2) is 4.79 Å². The normalized spacial score (nSPS) is 27.0. The summed E-state index contributed by atoms with van der Waals surface area (Å²) in [6.07, 6.45) is 2.39. The van der Waals surface area contributed by atoms with Crippen LogP contribution in [-0.2, 0) is 0 Å². The first kappa shape index (κ1) is 9.73. The summed E-state index contributed by atoms with van der Waals surface area (Å²) in [4.78, 5) is 11.3. The lowest BCUT2D eigenvalue weighted by molar-refractivity contribution is 0.230. The maximum absolute atomic E-state index is 11.3. The number of rotatable bonds is 3. The molecule has 5 heteroatoms. The van der Waals surface area contributed by atoms with Crippen molar-refractivity contribution in [3.63, 3.8) is 0 Å². The molecule has 1 atom stereocenters. The van der Waals surface area contributed by atoms with Crippen molar-refractivity contribution >= 4 is 6.03 Å². The molecule has 2 amide bonds. The van der Waals surface area contributed by atoms with Crippen LogP contribution in [0.3, 0.4) is 0 Å². The van der Waals surface area contributed by atoms with Gasteiger partial charge in [0.05, 0.1) is 6.04 Å². The summed E-state index contributed by atoms with van der Waals surface area (Å²) in [6.45, 7) is 3.62. The highest BCUT2D eigenvalue weighted by Crippen LogP contribution is 2.02. The Morgan fingerprint density at radius 2 is 2.29 bits per heavy atom. The van der Waals surface area contributed by atoms with E-state index in [2.05, 4.69) is 21.3 Å². The highest BCUT2D eigenvalue weighted by molar-refractivity contribution is 5.74. The van der Waals surface area contributed by atoms with E-state index >= 15 is 0 Å². The Kier molecular flexibility index (Phi) is 3.21. The lowest BCUT2D eigenvalue weighted by Gasteiger charge is -2.28. The smallest absolute Gasteiger partial charge is 0.315 e. The Balaban J connectivity index is 1.57. The van der Waals surface area contributed by atoms with Gasteiger partial charge in [0, 0.05) is 25.7 Å². The topological polar surface area (TPSA) is 65.2 Å². The maximum Gasteiger partial charge on any atom is 0.315 e. The highest BCUT2D eigenvalue weighted by atomic mass is 16.2. The minimum atomic E-state index is -0.0369. The first-order chi connectivity index (χ1) is 6.84. The van der Waals surface area contributed by atoms with Gasteiger partial charge in [-0.2, -0.15) is 0 Å². The SMILES string of the molecule is O=C(NCC1CCCN1)NC1CNC1. The number of amides is 2. The van der Waals surface area contributed by atoms with Gasteiger partial charge in [0.2, 0.25) is 0 Å². The van der Waals surface area contributed by atoms with Crippen LogP contribution in [0.2, 0.25) is 0 Å². The molecule has 80 valence electrons. The van der Waals surface area contributed by atoms with Gasteiger partial charge >= 0.3 is 6.03 Å². The fourth-order valence-electron chi connectivity index (χ4n) is 1.77. The van der Waals surface area contributed by atoms with Crippen LogP contribution in [0.4, 0.5) is 4.79 Å². The van der Waals surface area contributed by atoms with E-state index in [4.69, 9.17) is 0 Å². The van der Waals surface area contributed by atoms with Crippen molar-refractivity contribution < 1.29 is 4.79 Å². The zero-order chi connectivity index (χ0) is 9.80. The summed E-state index contributed by atoms with van der Waals surface area (Å²) in [5, 5.41) is 12.2. The molecule has 2 rings (SSSR count). The van der Waals surface area contributed by atoms with Gasteiger partial charge in [-0.3, -0.25) is 0 Å². The Hall–Kier alpha value is -0.810. The maximum atomic E-state index is 11.3. The molecule has 0 aromatic carbocycles. The number of carbonyl (C=O) groups is 1. The molecule has 2 heterocycles. The highest BCUT2D eigenvalue weighted by Gasteiger charge is 2.19. The second-order valence-corrected chi connectivity index (χ2v) is 4.00. The third kappa shape index (κ3) is 2.59. The fraction of sp³-hybridized carbons (Fsp3) is 0.889. The zero-order valence-electron chi connectivity index (χ0n) is 8.31. The van der Waals surface area contributed by atoms with Crippen molar-refractivity contribution in [1.29, 1.82) is 0 Å². The van der Waals surface area contributed by atoms with E-state index in [-0.39, 0.29) is 6.03 Å². The minimum absolute atomic E-state index is 0.0369. The van der Waals surface area contributed by atoms with Crippen LogP contribution >= 0.6 is 0 Å². The van der Waals surface area contributed by atoms with Gasteiger partial charge in [0.25, 0.3) is 0 Å². The average Bonchev–Trinajstić information content (AvgIpc) is 2.60. The minimum Gasteiger partial charge on any atom is -0.337 e. The molecule has 14 heavy (non-hydrogen) atoms. The van der Waals surface area contributed by atoms with E-state index in [0.717, 1.165) is 26.2 Å². The Bertz CT molecular complexity index is 199. The molecule has 2 saturated heterocycles. The molecule has 0 aliphatic carbocycles. The Morgan fingerprint density at radius 1 is 1.43 bits per heavy atom. The number of carbonyl (C=O) groups excluding carboxylic acids is 1. The summed E-state index contributed by atoms with van der Waals surface area (Å²) in [6, 6.07) is 0.761. The van der Waals surface area contributed by atoms with Gasteiger partial charge in [-0.15, -0.1) is 0 Å². The molecule has 0 aromatic heterocycles. The number of hydrogen-bond acceptors (Lipinski definition) is 3. The average molecular weight is 198 g/mol. The third-order valence-corrected chi connectivity index (χ3v) is 2.79. The standard InChI is InChI=1S/C9H18N4O/c14-9(13-8-4-10-5-8)12-6-7-2-1-3-11-7/h7-8,10-11H,1-6H2,(H2,12,13,14). The van der Waals surface area contributed by atoms with Crippen LogP contribution in [0.1, 0.15) is 12.8 Å². The number of nitrogens with one attached hydrogen (secondary N) is 4. The van der Waals surface area contributed by atoms with Gasteiger partial charge in [0.1, 0.15) is 0 Å². The van der Waals surface area contributed by atoms with Crippen molar-refractivity contribution in [2.75, 3.05) is 26.2 Å². The Labute approximate surface area is 84.0 Å². The van der Waals surface area contributed by atoms with Crippen LogP contribution < -0.4 is 21.3 Å². The molecule has 0 aromatic rings. The van der Waals surface area contributed by atoms with E-state index < -0.39 is 0 Å². The monoisotopic (exact) mass is 198 g/mol. The van der Waals surface area contributed by atoms with Gasteiger partial charge in [-0.1, -0.05) is 0 Å². The van der Waals surface area contributed by atoms with Crippen LogP contribution in [0.15, 0.2) is 0 Å².